The van der Waals surface area contributed by atoms with Crippen LogP contribution < -0.4 is 0 Å². The first kappa shape index (κ1) is 13.1. The normalized spacial score (nSPS) is 35.8. The summed E-state index contributed by atoms with van der Waals surface area (Å²) in [6.07, 6.45) is 1.03. The zero-order valence-electron chi connectivity index (χ0n) is 11.7. The lowest BCUT2D eigenvalue weighted by Gasteiger charge is -2.19. The smallest absolute Gasteiger partial charge is 0.424 e. The highest BCUT2D eigenvalue weighted by atomic mass is 16.8. The van der Waals surface area contributed by atoms with Crippen LogP contribution in [0.25, 0.3) is 0 Å². The molecule has 4 rings (SSSR count). The Morgan fingerprint density at radius 1 is 1.24 bits per heavy atom. The summed E-state index contributed by atoms with van der Waals surface area (Å²) >= 11 is 0. The van der Waals surface area contributed by atoms with Gasteiger partial charge in [0.05, 0.1) is 25.9 Å². The Kier molecular flexibility index (Phi) is 3.12. The van der Waals surface area contributed by atoms with Crippen LogP contribution in [-0.4, -0.2) is 37.2 Å². The first-order chi connectivity index (χ1) is 10.3. The minimum absolute atomic E-state index is 0.0458. The average Bonchev–Trinajstić information content (AvgIpc) is 2.92. The molecule has 0 bridgehead atoms. The van der Waals surface area contributed by atoms with E-state index in [4.69, 9.17) is 18.9 Å². The van der Waals surface area contributed by atoms with E-state index in [2.05, 4.69) is 0 Å². The summed E-state index contributed by atoms with van der Waals surface area (Å²) in [7, 11) is 0. The van der Waals surface area contributed by atoms with Gasteiger partial charge in [0.2, 0.25) is 0 Å². The van der Waals surface area contributed by atoms with E-state index in [1.165, 1.54) is 0 Å². The molecule has 1 aromatic rings. The fraction of sp³-hybridized carbons (Fsp3) is 0.562. The Balaban J connectivity index is 1.20. The van der Waals surface area contributed by atoms with Gasteiger partial charge in [-0.25, -0.2) is 4.79 Å². The second-order valence-corrected chi connectivity index (χ2v) is 5.93. The van der Waals surface area contributed by atoms with E-state index >= 15 is 0 Å². The van der Waals surface area contributed by atoms with Crippen molar-refractivity contribution in [1.82, 2.24) is 0 Å². The van der Waals surface area contributed by atoms with Crippen LogP contribution in [-0.2, 0) is 25.6 Å². The van der Waals surface area contributed by atoms with Crippen LogP contribution in [0.5, 0.6) is 0 Å². The van der Waals surface area contributed by atoms with Crippen LogP contribution >= 0.6 is 0 Å². The van der Waals surface area contributed by atoms with Crippen LogP contribution in [0.4, 0.5) is 4.79 Å². The quantitative estimate of drug-likeness (QED) is 0.594. The molecule has 1 heterocycles. The topological polar surface area (TPSA) is 54.0 Å². The SMILES string of the molecule is O=C1OC2C(OCCOCc3ccccc3)CC3CC32O1. The third-order valence-electron chi connectivity index (χ3n) is 4.60. The summed E-state index contributed by atoms with van der Waals surface area (Å²) in [5.74, 6) is 0.421. The van der Waals surface area contributed by atoms with Crippen molar-refractivity contribution in [2.45, 2.75) is 37.3 Å². The molecule has 4 unspecified atom stereocenters. The third kappa shape index (κ3) is 2.30. The molecule has 4 atom stereocenters. The maximum absolute atomic E-state index is 11.2. The Morgan fingerprint density at radius 2 is 2.10 bits per heavy atom. The van der Waals surface area contributed by atoms with Gasteiger partial charge >= 0.3 is 6.16 Å². The van der Waals surface area contributed by atoms with Crippen LogP contribution in [0.3, 0.4) is 0 Å². The Bertz CT molecular complexity index is 531. The van der Waals surface area contributed by atoms with E-state index in [1.807, 2.05) is 30.3 Å². The van der Waals surface area contributed by atoms with Crippen molar-refractivity contribution in [3.8, 4) is 0 Å². The molecule has 0 aromatic heterocycles. The van der Waals surface area contributed by atoms with Gasteiger partial charge in [0, 0.05) is 5.92 Å². The fourth-order valence-electron chi connectivity index (χ4n) is 3.50. The second-order valence-electron chi connectivity index (χ2n) is 5.93. The zero-order valence-corrected chi connectivity index (χ0v) is 11.7. The first-order valence-electron chi connectivity index (χ1n) is 7.41. The van der Waals surface area contributed by atoms with E-state index in [0.717, 1.165) is 18.4 Å². The van der Waals surface area contributed by atoms with Crippen molar-refractivity contribution >= 4 is 6.16 Å². The number of carbonyl (C=O) groups is 1. The second kappa shape index (κ2) is 5.00. The molecule has 21 heavy (non-hydrogen) atoms. The Labute approximate surface area is 123 Å². The van der Waals surface area contributed by atoms with Crippen LogP contribution in [0.2, 0.25) is 0 Å². The molecule has 5 heteroatoms. The summed E-state index contributed by atoms with van der Waals surface area (Å²) in [4.78, 5) is 11.2. The van der Waals surface area contributed by atoms with Gasteiger partial charge in [-0.1, -0.05) is 30.3 Å². The van der Waals surface area contributed by atoms with Crippen molar-refractivity contribution in [2.24, 2.45) is 5.92 Å². The fourth-order valence-corrected chi connectivity index (χ4v) is 3.50. The highest BCUT2D eigenvalue weighted by Gasteiger charge is 2.75. The van der Waals surface area contributed by atoms with Crippen molar-refractivity contribution in [3.63, 3.8) is 0 Å². The molecule has 0 amide bonds. The number of ether oxygens (including phenoxy) is 4. The van der Waals surface area contributed by atoms with E-state index in [-0.39, 0.29) is 17.8 Å². The summed E-state index contributed by atoms with van der Waals surface area (Å²) in [6.45, 7) is 1.63. The minimum Gasteiger partial charge on any atom is -0.424 e. The lowest BCUT2D eigenvalue weighted by Crippen LogP contribution is -2.34. The zero-order chi connectivity index (χ0) is 14.3. The monoisotopic (exact) mass is 290 g/mol. The molecule has 1 aliphatic heterocycles. The summed E-state index contributed by atoms with van der Waals surface area (Å²) in [5.41, 5.74) is 0.795. The summed E-state index contributed by atoms with van der Waals surface area (Å²) in [5, 5.41) is 0. The molecule has 112 valence electrons. The molecule has 1 aromatic carbocycles. The van der Waals surface area contributed by atoms with Crippen molar-refractivity contribution in [1.29, 1.82) is 0 Å². The Morgan fingerprint density at radius 3 is 2.95 bits per heavy atom. The number of carbonyl (C=O) groups excluding carboxylic acids is 1. The van der Waals surface area contributed by atoms with Crippen molar-refractivity contribution in [2.75, 3.05) is 13.2 Å². The molecule has 0 radical (unpaired) electrons. The van der Waals surface area contributed by atoms with E-state index in [1.54, 1.807) is 0 Å². The Hall–Kier alpha value is -1.59. The highest BCUT2D eigenvalue weighted by Crippen LogP contribution is 2.62. The van der Waals surface area contributed by atoms with Gasteiger partial charge in [0.15, 0.2) is 11.7 Å². The van der Waals surface area contributed by atoms with Crippen LogP contribution in [0.15, 0.2) is 30.3 Å². The predicted molar refractivity (Wildman–Crippen MR) is 72.6 cm³/mol. The van der Waals surface area contributed by atoms with Gasteiger partial charge in [0.25, 0.3) is 0 Å². The third-order valence-corrected chi connectivity index (χ3v) is 4.60. The first-order valence-corrected chi connectivity index (χ1v) is 7.41. The lowest BCUT2D eigenvalue weighted by atomic mass is 10.1. The average molecular weight is 290 g/mol. The molecule has 1 saturated heterocycles. The van der Waals surface area contributed by atoms with E-state index in [0.29, 0.717) is 25.7 Å². The maximum atomic E-state index is 11.2. The number of rotatable bonds is 6. The summed E-state index contributed by atoms with van der Waals surface area (Å²) < 4.78 is 21.9. The minimum atomic E-state index is -0.545. The van der Waals surface area contributed by atoms with Crippen molar-refractivity contribution in [3.05, 3.63) is 35.9 Å². The molecule has 2 aliphatic carbocycles. The highest BCUT2D eigenvalue weighted by molar-refractivity contribution is 5.65. The van der Waals surface area contributed by atoms with Gasteiger partial charge in [-0.2, -0.15) is 0 Å². The van der Waals surface area contributed by atoms with E-state index < -0.39 is 6.16 Å². The van der Waals surface area contributed by atoms with Gasteiger partial charge in [-0.05, 0) is 18.4 Å². The van der Waals surface area contributed by atoms with Gasteiger partial charge in [-0.3, -0.25) is 0 Å². The molecule has 5 nitrogen and oxygen atoms in total. The summed E-state index contributed by atoms with van der Waals surface area (Å²) in [6, 6.07) is 10.0. The number of benzene rings is 1. The van der Waals surface area contributed by atoms with Crippen LogP contribution in [0.1, 0.15) is 18.4 Å². The standard InChI is InChI=1S/C16H18O5/c17-15-20-14-13(8-12-9-16(12,14)21-15)19-7-6-18-10-11-4-2-1-3-5-11/h1-5,12-14H,6-10H2. The molecule has 1 spiro atoms. The molecule has 2 saturated carbocycles. The molecule has 3 fully saturated rings. The number of hydrogen-bond acceptors (Lipinski definition) is 5. The van der Waals surface area contributed by atoms with E-state index in [9.17, 15) is 4.79 Å². The number of hydrogen-bond donors (Lipinski definition) is 0. The van der Waals surface area contributed by atoms with Gasteiger partial charge < -0.3 is 18.9 Å². The van der Waals surface area contributed by atoms with Gasteiger partial charge in [-0.15, -0.1) is 0 Å². The predicted octanol–water partition coefficient (Wildman–Crippen LogP) is 2.29. The molecular weight excluding hydrogens is 272 g/mol. The lowest BCUT2D eigenvalue weighted by molar-refractivity contribution is -0.0499. The van der Waals surface area contributed by atoms with Crippen molar-refractivity contribution < 1.29 is 23.7 Å². The van der Waals surface area contributed by atoms with Gasteiger partial charge in [0.1, 0.15) is 0 Å². The molecular formula is C16H18O5. The molecule has 0 N–H and O–H groups in total. The van der Waals surface area contributed by atoms with Crippen LogP contribution in [0, 0.1) is 5.92 Å². The molecule has 3 aliphatic rings. The largest absolute Gasteiger partial charge is 0.509 e. The maximum Gasteiger partial charge on any atom is 0.509 e.